The minimum atomic E-state index is -0.0878. The number of hydrogen-bond donors (Lipinski definition) is 1. The number of benzene rings is 2. The molecular weight excluding hydrogens is 380 g/mol. The molecule has 6 nitrogen and oxygen atoms in total. The Hall–Kier alpha value is -2.44. The third kappa shape index (κ3) is 4.51. The second kappa shape index (κ2) is 9.17. The van der Waals surface area contributed by atoms with Gasteiger partial charge < -0.3 is 19.5 Å². The molecule has 3 rings (SSSR count). The number of nitrogens with one attached hydrogen (secondary N) is 1. The lowest BCUT2D eigenvalue weighted by Crippen LogP contribution is -2.32. The quantitative estimate of drug-likeness (QED) is 0.751. The minimum absolute atomic E-state index is 0.0878. The fourth-order valence-electron chi connectivity index (χ4n) is 3.62. The summed E-state index contributed by atoms with van der Waals surface area (Å²) in [6, 6.07) is 11.5. The average molecular weight is 405 g/mol. The number of anilines is 1. The second-order valence-corrected chi connectivity index (χ2v) is 7.08. The fraction of sp³-hybridized carbons (Fsp3) is 0.381. The van der Waals surface area contributed by atoms with Crippen LogP contribution in [0.25, 0.3) is 0 Å². The molecule has 0 saturated carbocycles. The minimum Gasteiger partial charge on any atom is -0.493 e. The number of carbonyl (C=O) groups excluding carboxylic acids is 1. The zero-order valence-electron chi connectivity index (χ0n) is 16.3. The van der Waals surface area contributed by atoms with Gasteiger partial charge in [0.15, 0.2) is 11.5 Å². The van der Waals surface area contributed by atoms with Gasteiger partial charge in [0, 0.05) is 28.9 Å². The van der Waals surface area contributed by atoms with Crippen LogP contribution in [0.5, 0.6) is 17.2 Å². The van der Waals surface area contributed by atoms with E-state index in [0.29, 0.717) is 34.5 Å². The van der Waals surface area contributed by atoms with Crippen molar-refractivity contribution in [3.63, 3.8) is 0 Å². The molecule has 1 fully saturated rings. The van der Waals surface area contributed by atoms with E-state index in [2.05, 4.69) is 10.2 Å². The van der Waals surface area contributed by atoms with E-state index in [9.17, 15) is 4.79 Å². The lowest BCUT2D eigenvalue weighted by molar-refractivity contribution is -0.117. The molecule has 2 aromatic carbocycles. The highest BCUT2D eigenvalue weighted by Crippen LogP contribution is 2.40. The van der Waals surface area contributed by atoms with Crippen LogP contribution < -0.4 is 19.5 Å². The van der Waals surface area contributed by atoms with Crippen LogP contribution >= 0.6 is 11.6 Å². The molecule has 1 saturated heterocycles. The van der Waals surface area contributed by atoms with E-state index in [1.807, 2.05) is 24.3 Å². The van der Waals surface area contributed by atoms with E-state index in [4.69, 9.17) is 25.8 Å². The van der Waals surface area contributed by atoms with Crippen molar-refractivity contribution in [3.8, 4) is 17.2 Å². The lowest BCUT2D eigenvalue weighted by Gasteiger charge is -2.24. The van der Waals surface area contributed by atoms with Crippen molar-refractivity contribution < 1.29 is 19.0 Å². The number of amides is 1. The van der Waals surface area contributed by atoms with Gasteiger partial charge in [0.1, 0.15) is 0 Å². The van der Waals surface area contributed by atoms with Crippen LogP contribution in [0.4, 0.5) is 5.69 Å². The summed E-state index contributed by atoms with van der Waals surface area (Å²) in [6.07, 6.45) is 2.09. The molecule has 1 atom stereocenters. The molecule has 2 aromatic rings. The zero-order valence-corrected chi connectivity index (χ0v) is 17.1. The highest BCUT2D eigenvalue weighted by molar-refractivity contribution is 6.30. The van der Waals surface area contributed by atoms with Crippen LogP contribution in [0, 0.1) is 0 Å². The van der Waals surface area contributed by atoms with Crippen molar-refractivity contribution >= 4 is 23.2 Å². The molecule has 0 aliphatic carbocycles. The van der Waals surface area contributed by atoms with Crippen molar-refractivity contribution in [3.05, 3.63) is 47.0 Å². The van der Waals surface area contributed by atoms with Crippen LogP contribution in [0.2, 0.25) is 5.02 Å². The molecule has 1 amide bonds. The van der Waals surface area contributed by atoms with E-state index >= 15 is 0 Å². The van der Waals surface area contributed by atoms with Gasteiger partial charge in [0.25, 0.3) is 0 Å². The summed E-state index contributed by atoms with van der Waals surface area (Å²) in [5, 5.41) is 3.65. The van der Waals surface area contributed by atoms with Crippen molar-refractivity contribution in [1.29, 1.82) is 0 Å². The van der Waals surface area contributed by atoms with E-state index in [-0.39, 0.29) is 11.9 Å². The van der Waals surface area contributed by atoms with Gasteiger partial charge >= 0.3 is 0 Å². The van der Waals surface area contributed by atoms with E-state index in [0.717, 1.165) is 19.4 Å². The molecule has 0 radical (unpaired) electrons. The average Bonchev–Trinajstić information content (AvgIpc) is 3.15. The maximum Gasteiger partial charge on any atom is 0.238 e. The maximum atomic E-state index is 12.7. The van der Waals surface area contributed by atoms with Crippen molar-refractivity contribution in [2.45, 2.75) is 18.9 Å². The van der Waals surface area contributed by atoms with Crippen LogP contribution in [-0.4, -0.2) is 45.2 Å². The van der Waals surface area contributed by atoms with Gasteiger partial charge in [-0.2, -0.15) is 0 Å². The first-order valence-electron chi connectivity index (χ1n) is 9.15. The molecule has 0 spiro atoms. The van der Waals surface area contributed by atoms with Gasteiger partial charge in [-0.1, -0.05) is 23.7 Å². The standard InChI is InChI=1S/C21H25ClN2O4/c1-26-18-11-16(12-19(27-2)21(18)28-3)23-20(25)13-24-10-4-5-17(24)14-6-8-15(22)9-7-14/h6-9,11-12,17H,4-5,10,13H2,1-3H3,(H,23,25)/t17-/m1/s1. The Morgan fingerprint density at radius 1 is 1.11 bits per heavy atom. The Balaban J connectivity index is 1.70. The Morgan fingerprint density at radius 3 is 2.32 bits per heavy atom. The predicted octanol–water partition coefficient (Wildman–Crippen LogP) is 4.14. The second-order valence-electron chi connectivity index (χ2n) is 6.64. The van der Waals surface area contributed by atoms with E-state index in [1.165, 1.54) is 5.56 Å². The third-order valence-electron chi connectivity index (χ3n) is 4.91. The first-order valence-corrected chi connectivity index (χ1v) is 9.53. The molecule has 1 aliphatic rings. The summed E-state index contributed by atoms with van der Waals surface area (Å²) in [5.74, 6) is 1.40. The summed E-state index contributed by atoms with van der Waals surface area (Å²) >= 11 is 5.99. The fourth-order valence-corrected chi connectivity index (χ4v) is 3.74. The van der Waals surface area contributed by atoms with Gasteiger partial charge in [-0.3, -0.25) is 9.69 Å². The Morgan fingerprint density at radius 2 is 1.75 bits per heavy atom. The smallest absolute Gasteiger partial charge is 0.238 e. The van der Waals surface area contributed by atoms with Crippen LogP contribution in [0.15, 0.2) is 36.4 Å². The lowest BCUT2D eigenvalue weighted by atomic mass is 10.0. The van der Waals surface area contributed by atoms with Gasteiger partial charge in [-0.15, -0.1) is 0 Å². The number of hydrogen-bond acceptors (Lipinski definition) is 5. The molecule has 1 heterocycles. The molecule has 0 unspecified atom stereocenters. The first kappa shape index (κ1) is 20.3. The van der Waals surface area contributed by atoms with Gasteiger partial charge in [-0.05, 0) is 37.1 Å². The van der Waals surface area contributed by atoms with Crippen LogP contribution in [0.3, 0.4) is 0 Å². The molecule has 0 bridgehead atoms. The number of carbonyl (C=O) groups is 1. The van der Waals surface area contributed by atoms with Gasteiger partial charge in [-0.25, -0.2) is 0 Å². The number of nitrogens with zero attached hydrogens (tertiary/aromatic N) is 1. The third-order valence-corrected chi connectivity index (χ3v) is 5.17. The van der Waals surface area contributed by atoms with E-state index < -0.39 is 0 Å². The Kier molecular flexibility index (Phi) is 6.65. The van der Waals surface area contributed by atoms with Crippen LogP contribution in [0.1, 0.15) is 24.4 Å². The van der Waals surface area contributed by atoms with Crippen molar-refractivity contribution in [2.24, 2.45) is 0 Å². The normalized spacial score (nSPS) is 16.6. The number of halogens is 1. The van der Waals surface area contributed by atoms with E-state index in [1.54, 1.807) is 33.5 Å². The molecule has 28 heavy (non-hydrogen) atoms. The predicted molar refractivity (Wildman–Crippen MR) is 110 cm³/mol. The monoisotopic (exact) mass is 404 g/mol. The van der Waals surface area contributed by atoms with Crippen LogP contribution in [-0.2, 0) is 4.79 Å². The van der Waals surface area contributed by atoms with Gasteiger partial charge in [0.2, 0.25) is 11.7 Å². The molecule has 0 aromatic heterocycles. The maximum absolute atomic E-state index is 12.7. The molecule has 1 N–H and O–H groups in total. The zero-order chi connectivity index (χ0) is 20.1. The molecular formula is C21H25ClN2O4. The SMILES string of the molecule is COc1cc(NC(=O)CN2CCC[C@@H]2c2ccc(Cl)cc2)cc(OC)c1OC. The number of likely N-dealkylation sites (tertiary alicyclic amines) is 1. The van der Waals surface area contributed by atoms with Crippen molar-refractivity contribution in [2.75, 3.05) is 39.7 Å². The van der Waals surface area contributed by atoms with Gasteiger partial charge in [0.05, 0.1) is 27.9 Å². The summed E-state index contributed by atoms with van der Waals surface area (Å²) < 4.78 is 16.0. The highest BCUT2D eigenvalue weighted by atomic mass is 35.5. The summed E-state index contributed by atoms with van der Waals surface area (Å²) in [4.78, 5) is 14.9. The first-order chi connectivity index (χ1) is 13.5. The largest absolute Gasteiger partial charge is 0.493 e. The Labute approximate surface area is 170 Å². The summed E-state index contributed by atoms with van der Waals surface area (Å²) in [5.41, 5.74) is 1.78. The number of rotatable bonds is 7. The Bertz CT molecular complexity index is 801. The number of methoxy groups -OCH3 is 3. The molecule has 150 valence electrons. The highest BCUT2D eigenvalue weighted by Gasteiger charge is 2.27. The summed E-state index contributed by atoms with van der Waals surface area (Å²) in [6.45, 7) is 1.19. The molecule has 7 heteroatoms. The molecule has 1 aliphatic heterocycles. The van der Waals surface area contributed by atoms with Crippen molar-refractivity contribution in [1.82, 2.24) is 4.90 Å². The number of ether oxygens (including phenoxy) is 3. The topological polar surface area (TPSA) is 60.0 Å². The summed E-state index contributed by atoms with van der Waals surface area (Å²) in [7, 11) is 4.64.